The highest BCUT2D eigenvalue weighted by Crippen LogP contribution is 2.27. The zero-order valence-electron chi connectivity index (χ0n) is 11.1. The number of nitrogens with zero attached hydrogens (tertiary/aromatic N) is 4. The number of nitriles is 1. The lowest BCUT2D eigenvalue weighted by molar-refractivity contribution is 0.0520. The molecule has 0 unspecified atom stereocenters. The summed E-state index contributed by atoms with van der Waals surface area (Å²) in [5.74, 6) is -0.604. The summed E-state index contributed by atoms with van der Waals surface area (Å²) >= 11 is 1.32. The summed E-state index contributed by atoms with van der Waals surface area (Å²) in [4.78, 5) is 16.4. The fraction of sp³-hybridized carbons (Fsp3) is 0.143. The number of benzene rings is 1. The number of imidazole rings is 1. The number of aromatic nitrogens is 3. The van der Waals surface area contributed by atoms with E-state index >= 15 is 0 Å². The Morgan fingerprint density at radius 1 is 1.43 bits per heavy atom. The van der Waals surface area contributed by atoms with Crippen LogP contribution in [-0.4, -0.2) is 27.2 Å². The van der Waals surface area contributed by atoms with E-state index in [-0.39, 0.29) is 18.0 Å². The Balaban J connectivity index is 2.11. The molecule has 0 aliphatic rings. The van der Waals surface area contributed by atoms with Crippen molar-refractivity contribution in [2.45, 2.75) is 6.92 Å². The smallest absolute Gasteiger partial charge is 0.360 e. The molecule has 0 saturated heterocycles. The second-order valence-corrected chi connectivity index (χ2v) is 5.06. The van der Waals surface area contributed by atoms with Gasteiger partial charge in [0.15, 0.2) is 11.4 Å². The molecule has 3 aromatic rings. The molecule has 0 aliphatic carbocycles. The molecule has 0 radical (unpaired) electrons. The van der Waals surface area contributed by atoms with Crippen molar-refractivity contribution in [1.29, 1.82) is 5.26 Å². The maximum absolute atomic E-state index is 11.8. The minimum Gasteiger partial charge on any atom is -0.461 e. The van der Waals surface area contributed by atoms with Gasteiger partial charge in [0.2, 0.25) is 4.96 Å². The Morgan fingerprint density at radius 2 is 2.19 bits per heavy atom. The lowest BCUT2D eigenvalue weighted by Crippen LogP contribution is -2.07. The summed E-state index contributed by atoms with van der Waals surface area (Å²) < 4.78 is 6.28. The number of fused-ring (bicyclic) bond motifs is 1. The van der Waals surface area contributed by atoms with Gasteiger partial charge in [-0.25, -0.2) is 9.78 Å². The van der Waals surface area contributed by atoms with Gasteiger partial charge in [-0.05, 0) is 6.92 Å². The summed E-state index contributed by atoms with van der Waals surface area (Å²) in [6, 6.07) is 11.6. The van der Waals surface area contributed by atoms with Gasteiger partial charge < -0.3 is 4.74 Å². The van der Waals surface area contributed by atoms with Gasteiger partial charge in [-0.2, -0.15) is 14.9 Å². The molecule has 2 aromatic heterocycles. The molecule has 0 bridgehead atoms. The van der Waals surface area contributed by atoms with Crippen LogP contribution in [0, 0.1) is 11.3 Å². The van der Waals surface area contributed by atoms with Crippen LogP contribution in [0.2, 0.25) is 0 Å². The van der Waals surface area contributed by atoms with Gasteiger partial charge in [-0.3, -0.25) is 0 Å². The van der Waals surface area contributed by atoms with Gasteiger partial charge in [-0.1, -0.05) is 41.7 Å². The van der Waals surface area contributed by atoms with E-state index in [0.29, 0.717) is 4.96 Å². The fourth-order valence-corrected chi connectivity index (χ4v) is 2.79. The lowest BCUT2D eigenvalue weighted by Gasteiger charge is -1.97. The molecule has 1 aromatic carbocycles. The SMILES string of the molecule is CCOC(=O)c1nc2sc(-c3ccccc3)nn2c1C#N. The van der Waals surface area contributed by atoms with Crippen molar-refractivity contribution in [2.75, 3.05) is 6.61 Å². The molecule has 0 aliphatic heterocycles. The predicted molar refractivity (Wildman–Crippen MR) is 77.0 cm³/mol. The Labute approximate surface area is 124 Å². The first-order valence-corrected chi connectivity index (χ1v) is 7.08. The molecule has 104 valence electrons. The van der Waals surface area contributed by atoms with Crippen LogP contribution in [0.4, 0.5) is 0 Å². The van der Waals surface area contributed by atoms with E-state index in [1.165, 1.54) is 15.9 Å². The number of rotatable bonds is 3. The Kier molecular flexibility index (Phi) is 3.38. The predicted octanol–water partition coefficient (Wildman–Crippen LogP) is 2.51. The normalized spacial score (nSPS) is 10.5. The van der Waals surface area contributed by atoms with Crippen molar-refractivity contribution in [3.05, 3.63) is 41.7 Å². The van der Waals surface area contributed by atoms with Crippen molar-refractivity contribution in [2.24, 2.45) is 0 Å². The van der Waals surface area contributed by atoms with E-state index in [1.807, 2.05) is 36.4 Å². The Hall–Kier alpha value is -2.72. The molecular weight excluding hydrogens is 288 g/mol. The van der Waals surface area contributed by atoms with E-state index in [4.69, 9.17) is 4.74 Å². The molecule has 0 fully saturated rings. The molecule has 2 heterocycles. The van der Waals surface area contributed by atoms with E-state index in [2.05, 4.69) is 10.1 Å². The Bertz CT molecular complexity index is 845. The van der Waals surface area contributed by atoms with Gasteiger partial charge in [0.25, 0.3) is 0 Å². The largest absolute Gasteiger partial charge is 0.461 e. The third-order valence-electron chi connectivity index (χ3n) is 2.80. The van der Waals surface area contributed by atoms with Gasteiger partial charge in [0.05, 0.1) is 6.61 Å². The first kappa shape index (κ1) is 13.3. The van der Waals surface area contributed by atoms with Crippen LogP contribution in [0.1, 0.15) is 23.1 Å². The highest BCUT2D eigenvalue weighted by atomic mass is 32.1. The quantitative estimate of drug-likeness (QED) is 0.694. The van der Waals surface area contributed by atoms with Gasteiger partial charge in [0.1, 0.15) is 11.1 Å². The zero-order valence-corrected chi connectivity index (χ0v) is 11.9. The first-order valence-electron chi connectivity index (χ1n) is 6.26. The van der Waals surface area contributed by atoms with Crippen LogP contribution in [-0.2, 0) is 4.74 Å². The summed E-state index contributed by atoms with van der Waals surface area (Å²) in [5, 5.41) is 14.3. The number of hydrogen-bond acceptors (Lipinski definition) is 6. The van der Waals surface area contributed by atoms with E-state index in [9.17, 15) is 10.1 Å². The van der Waals surface area contributed by atoms with E-state index in [0.717, 1.165) is 10.6 Å². The van der Waals surface area contributed by atoms with Crippen LogP contribution < -0.4 is 0 Å². The summed E-state index contributed by atoms with van der Waals surface area (Å²) in [6.45, 7) is 1.94. The molecule has 7 heteroatoms. The summed E-state index contributed by atoms with van der Waals surface area (Å²) in [6.07, 6.45) is 0. The number of ether oxygens (including phenoxy) is 1. The third kappa shape index (κ3) is 2.26. The van der Waals surface area contributed by atoms with Crippen LogP contribution >= 0.6 is 11.3 Å². The van der Waals surface area contributed by atoms with E-state index < -0.39 is 5.97 Å². The van der Waals surface area contributed by atoms with Crippen LogP contribution in [0.5, 0.6) is 0 Å². The van der Waals surface area contributed by atoms with Crippen LogP contribution in [0.25, 0.3) is 15.5 Å². The van der Waals surface area contributed by atoms with E-state index in [1.54, 1.807) is 6.92 Å². The minimum atomic E-state index is -0.604. The molecule has 21 heavy (non-hydrogen) atoms. The zero-order chi connectivity index (χ0) is 14.8. The average Bonchev–Trinajstić information content (AvgIpc) is 3.05. The van der Waals surface area contributed by atoms with Crippen LogP contribution in [0.3, 0.4) is 0 Å². The van der Waals surface area contributed by atoms with Gasteiger partial charge in [0, 0.05) is 5.56 Å². The van der Waals surface area contributed by atoms with Crippen LogP contribution in [0.15, 0.2) is 30.3 Å². The highest BCUT2D eigenvalue weighted by molar-refractivity contribution is 7.19. The summed E-state index contributed by atoms with van der Waals surface area (Å²) in [5.41, 5.74) is 1.05. The topological polar surface area (TPSA) is 80.3 Å². The van der Waals surface area contributed by atoms with Crippen molar-refractivity contribution in [3.63, 3.8) is 0 Å². The maximum Gasteiger partial charge on any atom is 0.360 e. The van der Waals surface area contributed by atoms with Crippen molar-refractivity contribution in [3.8, 4) is 16.6 Å². The van der Waals surface area contributed by atoms with Crippen molar-refractivity contribution < 1.29 is 9.53 Å². The van der Waals surface area contributed by atoms with Gasteiger partial charge >= 0.3 is 5.97 Å². The van der Waals surface area contributed by atoms with Crippen molar-refractivity contribution >= 4 is 22.3 Å². The molecule has 0 spiro atoms. The average molecular weight is 298 g/mol. The minimum absolute atomic E-state index is 0.0118. The van der Waals surface area contributed by atoms with Gasteiger partial charge in [-0.15, -0.1) is 0 Å². The monoisotopic (exact) mass is 298 g/mol. The summed E-state index contributed by atoms with van der Waals surface area (Å²) in [7, 11) is 0. The maximum atomic E-state index is 11.8. The highest BCUT2D eigenvalue weighted by Gasteiger charge is 2.23. The standard InChI is InChI=1S/C14H10N4O2S/c1-2-20-13(19)11-10(8-15)18-14(16-11)21-12(17-18)9-6-4-3-5-7-9/h3-7H,2H2,1H3. The fourth-order valence-electron chi connectivity index (χ4n) is 1.89. The molecule has 0 amide bonds. The second kappa shape index (κ2) is 5.34. The number of hydrogen-bond donors (Lipinski definition) is 0. The molecular formula is C14H10N4O2S. The molecule has 0 N–H and O–H groups in total. The first-order chi connectivity index (χ1) is 10.2. The number of carbonyl (C=O) groups is 1. The number of carbonyl (C=O) groups excluding carboxylic acids is 1. The Morgan fingerprint density at radius 3 is 2.86 bits per heavy atom. The number of esters is 1. The second-order valence-electron chi connectivity index (χ2n) is 4.11. The third-order valence-corrected chi connectivity index (χ3v) is 3.76. The van der Waals surface area contributed by atoms with Crippen molar-refractivity contribution in [1.82, 2.24) is 14.6 Å². The molecule has 3 rings (SSSR count). The molecule has 0 atom stereocenters. The molecule has 0 saturated carbocycles. The molecule has 6 nitrogen and oxygen atoms in total. The lowest BCUT2D eigenvalue weighted by atomic mass is 10.2.